The maximum absolute atomic E-state index is 12.4. The summed E-state index contributed by atoms with van der Waals surface area (Å²) in [5.41, 5.74) is 6.55. The molecule has 2 unspecified atom stereocenters. The van der Waals surface area contributed by atoms with Crippen molar-refractivity contribution in [1.82, 2.24) is 9.29 Å². The first-order chi connectivity index (χ1) is 9.85. The molecule has 2 atom stereocenters. The third-order valence-corrected chi connectivity index (χ3v) is 5.95. The van der Waals surface area contributed by atoms with Gasteiger partial charge < -0.3 is 10.3 Å². The van der Waals surface area contributed by atoms with Crippen LogP contribution in [0.25, 0.3) is 0 Å². The minimum absolute atomic E-state index is 0.197. The molecule has 1 aromatic rings. The Kier molecular flexibility index (Phi) is 5.11. The van der Waals surface area contributed by atoms with E-state index in [2.05, 4.69) is 11.6 Å². The molecule has 0 radical (unpaired) electrons. The highest BCUT2D eigenvalue weighted by Crippen LogP contribution is 2.30. The molecule has 1 saturated carbocycles. The van der Waals surface area contributed by atoms with Crippen LogP contribution in [0.3, 0.4) is 0 Å². The number of sulfonamides is 1. The van der Waals surface area contributed by atoms with Crippen LogP contribution in [0.1, 0.15) is 51.8 Å². The summed E-state index contributed by atoms with van der Waals surface area (Å²) in [6.07, 6.45) is 5.21. The van der Waals surface area contributed by atoms with Crippen LogP contribution in [0.2, 0.25) is 0 Å². The molecule has 1 aromatic heterocycles. The Balaban J connectivity index is 2.12. The Morgan fingerprint density at radius 1 is 1.43 bits per heavy atom. The molecule has 0 bridgehead atoms. The van der Waals surface area contributed by atoms with Crippen LogP contribution in [0.5, 0.6) is 0 Å². The van der Waals surface area contributed by atoms with Gasteiger partial charge in [-0.1, -0.05) is 19.8 Å². The Morgan fingerprint density at radius 3 is 2.62 bits per heavy atom. The number of nitrogens with two attached hydrogens (primary N) is 1. The van der Waals surface area contributed by atoms with Gasteiger partial charge in [0.15, 0.2) is 0 Å². The van der Waals surface area contributed by atoms with Gasteiger partial charge >= 0.3 is 0 Å². The number of nitrogens with one attached hydrogen (secondary N) is 1. The highest BCUT2D eigenvalue weighted by atomic mass is 32.2. The van der Waals surface area contributed by atoms with Crippen molar-refractivity contribution in [3.63, 3.8) is 0 Å². The zero-order chi connectivity index (χ0) is 15.6. The molecule has 1 aliphatic rings. The van der Waals surface area contributed by atoms with Crippen molar-refractivity contribution in [3.8, 4) is 0 Å². The quantitative estimate of drug-likeness (QED) is 0.845. The molecular weight excluding hydrogens is 286 g/mol. The molecule has 0 spiro atoms. The standard InChI is InChI=1S/C15H27N3O2S/c1-11(2)18-10-15(7-14(18)8-16)21(19,20)17-9-13-6-4-5-12(13)3/h7,10-13,17H,4-6,8-9,16H2,1-3H3. The van der Waals surface area contributed by atoms with Crippen LogP contribution in [0.15, 0.2) is 17.2 Å². The van der Waals surface area contributed by atoms with Crippen LogP contribution in [0, 0.1) is 11.8 Å². The maximum Gasteiger partial charge on any atom is 0.242 e. The number of nitrogens with zero attached hydrogens (tertiary/aromatic N) is 1. The summed E-state index contributed by atoms with van der Waals surface area (Å²) in [6.45, 7) is 7.11. The topological polar surface area (TPSA) is 77.1 Å². The molecule has 0 saturated heterocycles. The highest BCUT2D eigenvalue weighted by molar-refractivity contribution is 7.89. The monoisotopic (exact) mass is 313 g/mol. The molecule has 1 aliphatic carbocycles. The molecule has 0 amide bonds. The first-order valence-electron chi connectivity index (χ1n) is 7.75. The van der Waals surface area contributed by atoms with Gasteiger partial charge in [-0.2, -0.15) is 0 Å². The van der Waals surface area contributed by atoms with Crippen LogP contribution < -0.4 is 10.5 Å². The van der Waals surface area contributed by atoms with E-state index in [0.717, 1.165) is 12.1 Å². The van der Waals surface area contributed by atoms with Crippen molar-refractivity contribution in [2.24, 2.45) is 17.6 Å². The van der Waals surface area contributed by atoms with E-state index >= 15 is 0 Å². The fraction of sp³-hybridized carbons (Fsp3) is 0.733. The second kappa shape index (κ2) is 6.50. The second-order valence-corrected chi connectivity index (χ2v) is 8.16. The number of rotatable bonds is 6. The van der Waals surface area contributed by atoms with Gasteiger partial charge in [-0.15, -0.1) is 0 Å². The summed E-state index contributed by atoms with van der Waals surface area (Å²) in [7, 11) is -3.44. The van der Waals surface area contributed by atoms with Crippen molar-refractivity contribution in [2.45, 2.75) is 57.5 Å². The number of hydrogen-bond acceptors (Lipinski definition) is 3. The van der Waals surface area contributed by atoms with Gasteiger partial charge in [0.05, 0.1) is 4.90 Å². The summed E-state index contributed by atoms with van der Waals surface area (Å²) >= 11 is 0. The average Bonchev–Trinajstić information content (AvgIpc) is 3.02. The van der Waals surface area contributed by atoms with Crippen molar-refractivity contribution < 1.29 is 8.42 Å². The summed E-state index contributed by atoms with van der Waals surface area (Å²) in [4.78, 5) is 0.322. The van der Waals surface area contributed by atoms with E-state index < -0.39 is 10.0 Å². The van der Waals surface area contributed by atoms with Gasteiger partial charge in [0.2, 0.25) is 10.0 Å². The average molecular weight is 313 g/mol. The highest BCUT2D eigenvalue weighted by Gasteiger charge is 2.26. The lowest BCUT2D eigenvalue weighted by Crippen LogP contribution is -2.30. The lowest BCUT2D eigenvalue weighted by Gasteiger charge is -2.15. The number of hydrogen-bond donors (Lipinski definition) is 2. The van der Waals surface area contributed by atoms with E-state index in [-0.39, 0.29) is 6.04 Å². The first kappa shape index (κ1) is 16.5. The molecule has 1 fully saturated rings. The summed E-state index contributed by atoms with van der Waals surface area (Å²) in [5.74, 6) is 1.06. The third kappa shape index (κ3) is 3.67. The molecule has 2 rings (SSSR count). The summed E-state index contributed by atoms with van der Waals surface area (Å²) in [6, 6.07) is 1.88. The molecule has 6 heteroatoms. The zero-order valence-corrected chi connectivity index (χ0v) is 14.0. The van der Waals surface area contributed by atoms with Crippen LogP contribution in [-0.4, -0.2) is 19.5 Å². The molecule has 5 nitrogen and oxygen atoms in total. The smallest absolute Gasteiger partial charge is 0.242 e. The fourth-order valence-corrected chi connectivity index (χ4v) is 4.26. The largest absolute Gasteiger partial charge is 0.346 e. The Bertz CT molecular complexity index is 578. The molecule has 120 valence electrons. The van der Waals surface area contributed by atoms with Crippen LogP contribution in [-0.2, 0) is 16.6 Å². The second-order valence-electron chi connectivity index (χ2n) is 6.39. The van der Waals surface area contributed by atoms with Crippen molar-refractivity contribution in [1.29, 1.82) is 0 Å². The molecular formula is C15H27N3O2S. The van der Waals surface area contributed by atoms with Gasteiger partial charge in [0.1, 0.15) is 0 Å². The minimum atomic E-state index is -3.44. The maximum atomic E-state index is 12.4. The lowest BCUT2D eigenvalue weighted by molar-refractivity contribution is 0.414. The van der Waals surface area contributed by atoms with Gasteiger partial charge in [0, 0.05) is 31.0 Å². The Labute approximate surface area is 128 Å². The Hall–Kier alpha value is -0.850. The van der Waals surface area contributed by atoms with Gasteiger partial charge in [0.25, 0.3) is 0 Å². The lowest BCUT2D eigenvalue weighted by atomic mass is 9.99. The minimum Gasteiger partial charge on any atom is -0.346 e. The van der Waals surface area contributed by atoms with Crippen molar-refractivity contribution in [3.05, 3.63) is 18.0 Å². The third-order valence-electron chi connectivity index (χ3n) is 4.56. The molecule has 0 aliphatic heterocycles. The fourth-order valence-electron chi connectivity index (χ4n) is 3.11. The zero-order valence-electron chi connectivity index (χ0n) is 13.2. The predicted octanol–water partition coefficient (Wildman–Crippen LogP) is 2.24. The van der Waals surface area contributed by atoms with Crippen molar-refractivity contribution >= 4 is 10.0 Å². The van der Waals surface area contributed by atoms with Crippen LogP contribution in [0.4, 0.5) is 0 Å². The van der Waals surface area contributed by atoms with Crippen LogP contribution >= 0.6 is 0 Å². The molecule has 3 N–H and O–H groups in total. The number of aromatic nitrogens is 1. The summed E-state index contributed by atoms with van der Waals surface area (Å²) in [5, 5.41) is 0. The van der Waals surface area contributed by atoms with E-state index in [1.165, 1.54) is 12.8 Å². The molecule has 0 aromatic carbocycles. The van der Waals surface area contributed by atoms with E-state index in [1.54, 1.807) is 12.3 Å². The van der Waals surface area contributed by atoms with Gasteiger partial charge in [-0.25, -0.2) is 13.1 Å². The van der Waals surface area contributed by atoms with Gasteiger partial charge in [-0.3, -0.25) is 0 Å². The predicted molar refractivity (Wildman–Crippen MR) is 84.4 cm³/mol. The normalized spacial score (nSPS) is 23.1. The van der Waals surface area contributed by atoms with Gasteiger partial charge in [-0.05, 0) is 38.2 Å². The molecule has 1 heterocycles. The first-order valence-corrected chi connectivity index (χ1v) is 9.24. The van der Waals surface area contributed by atoms with E-state index in [0.29, 0.717) is 29.8 Å². The Morgan fingerprint density at radius 2 is 2.14 bits per heavy atom. The van der Waals surface area contributed by atoms with E-state index in [9.17, 15) is 8.42 Å². The van der Waals surface area contributed by atoms with E-state index in [4.69, 9.17) is 5.73 Å². The van der Waals surface area contributed by atoms with E-state index in [1.807, 2.05) is 18.4 Å². The SMILES string of the molecule is CC1CCCC1CNS(=O)(=O)c1cc(CN)n(C(C)C)c1. The molecule has 21 heavy (non-hydrogen) atoms. The van der Waals surface area contributed by atoms with Crippen molar-refractivity contribution in [2.75, 3.05) is 6.54 Å². The summed E-state index contributed by atoms with van der Waals surface area (Å²) < 4.78 is 29.6.